The van der Waals surface area contributed by atoms with Gasteiger partial charge < -0.3 is 20.9 Å². The van der Waals surface area contributed by atoms with Crippen molar-refractivity contribution in [3.63, 3.8) is 0 Å². The lowest BCUT2D eigenvalue weighted by Gasteiger charge is -2.09. The van der Waals surface area contributed by atoms with E-state index in [1.165, 1.54) is 0 Å². The van der Waals surface area contributed by atoms with Crippen molar-refractivity contribution in [3.05, 3.63) is 30.3 Å². The molecule has 1 aromatic rings. The number of rotatable bonds is 8. The van der Waals surface area contributed by atoms with Crippen molar-refractivity contribution in [3.8, 4) is 5.75 Å². The monoisotopic (exact) mass is 266 g/mol. The molecule has 0 aliphatic heterocycles. The summed E-state index contributed by atoms with van der Waals surface area (Å²) in [5.41, 5.74) is 4.85. The molecule has 0 fully saturated rings. The highest BCUT2D eigenvalue weighted by molar-refractivity contribution is 5.80. The summed E-state index contributed by atoms with van der Waals surface area (Å²) in [7, 11) is 0. The molecule has 1 atom stereocenters. The Labute approximate surface area is 111 Å². The third kappa shape index (κ3) is 6.42. The van der Waals surface area contributed by atoms with E-state index in [4.69, 9.17) is 15.6 Å². The van der Waals surface area contributed by atoms with E-state index < -0.39 is 12.0 Å². The van der Waals surface area contributed by atoms with Crippen molar-refractivity contribution in [2.24, 2.45) is 5.73 Å². The van der Waals surface area contributed by atoms with Gasteiger partial charge in [0.2, 0.25) is 11.8 Å². The zero-order chi connectivity index (χ0) is 14.1. The molecule has 6 nitrogen and oxygen atoms in total. The third-order valence-electron chi connectivity index (χ3n) is 2.38. The zero-order valence-electron chi connectivity index (χ0n) is 10.5. The van der Waals surface area contributed by atoms with Crippen LogP contribution in [0.1, 0.15) is 12.8 Å². The van der Waals surface area contributed by atoms with Crippen LogP contribution in [-0.4, -0.2) is 36.2 Å². The second-order valence-electron chi connectivity index (χ2n) is 3.99. The molecule has 0 aliphatic carbocycles. The number of nitrogens with one attached hydrogen (secondary N) is 1. The van der Waals surface area contributed by atoms with E-state index in [2.05, 4.69) is 5.32 Å². The van der Waals surface area contributed by atoms with Gasteiger partial charge in [0, 0.05) is 6.42 Å². The summed E-state index contributed by atoms with van der Waals surface area (Å²) >= 11 is 0. The van der Waals surface area contributed by atoms with E-state index in [1.807, 2.05) is 30.3 Å². The SMILES string of the molecule is NC(=O)C(O)CNC(=O)CCCOc1ccccc1. The molecule has 1 unspecified atom stereocenters. The summed E-state index contributed by atoms with van der Waals surface area (Å²) in [6.45, 7) is 0.267. The van der Waals surface area contributed by atoms with Gasteiger partial charge in [-0.15, -0.1) is 0 Å². The minimum Gasteiger partial charge on any atom is -0.494 e. The van der Waals surface area contributed by atoms with Gasteiger partial charge in [-0.2, -0.15) is 0 Å². The predicted molar refractivity (Wildman–Crippen MR) is 69.4 cm³/mol. The Balaban J connectivity index is 2.09. The Hall–Kier alpha value is -2.08. The van der Waals surface area contributed by atoms with Gasteiger partial charge in [-0.3, -0.25) is 9.59 Å². The molecule has 0 aromatic heterocycles. The van der Waals surface area contributed by atoms with Crippen molar-refractivity contribution in [1.82, 2.24) is 5.32 Å². The Bertz CT molecular complexity index is 408. The van der Waals surface area contributed by atoms with Gasteiger partial charge in [-0.1, -0.05) is 18.2 Å². The molecule has 0 saturated carbocycles. The Morgan fingerprint density at radius 2 is 2.00 bits per heavy atom. The van der Waals surface area contributed by atoms with Crippen LogP contribution < -0.4 is 15.8 Å². The van der Waals surface area contributed by atoms with E-state index in [9.17, 15) is 9.59 Å². The first-order chi connectivity index (χ1) is 9.09. The summed E-state index contributed by atoms with van der Waals surface area (Å²) in [5.74, 6) is -0.350. The second kappa shape index (κ2) is 8.10. The average molecular weight is 266 g/mol. The Morgan fingerprint density at radius 1 is 1.32 bits per heavy atom. The molecular weight excluding hydrogens is 248 g/mol. The van der Waals surface area contributed by atoms with E-state index in [0.29, 0.717) is 13.0 Å². The number of hydrogen-bond donors (Lipinski definition) is 3. The maximum absolute atomic E-state index is 11.4. The molecule has 0 saturated heterocycles. The van der Waals surface area contributed by atoms with Crippen LogP contribution in [0.3, 0.4) is 0 Å². The second-order valence-corrected chi connectivity index (χ2v) is 3.99. The summed E-state index contributed by atoms with van der Waals surface area (Å²) in [6, 6.07) is 9.30. The standard InChI is InChI=1S/C13H18N2O4/c14-13(18)11(16)9-15-12(17)7-4-8-19-10-5-2-1-3-6-10/h1-3,5-6,11,16H,4,7-9H2,(H2,14,18)(H,15,17). The fourth-order valence-electron chi connectivity index (χ4n) is 1.34. The number of ether oxygens (including phenoxy) is 1. The fourth-order valence-corrected chi connectivity index (χ4v) is 1.34. The minimum atomic E-state index is -1.34. The molecule has 0 aliphatic rings. The predicted octanol–water partition coefficient (Wildman–Crippen LogP) is -0.192. The third-order valence-corrected chi connectivity index (χ3v) is 2.38. The van der Waals surface area contributed by atoms with Crippen molar-refractivity contribution in [2.75, 3.05) is 13.2 Å². The maximum atomic E-state index is 11.4. The topological polar surface area (TPSA) is 102 Å². The molecule has 2 amide bonds. The van der Waals surface area contributed by atoms with Crippen molar-refractivity contribution >= 4 is 11.8 Å². The first-order valence-electron chi connectivity index (χ1n) is 6.01. The van der Waals surface area contributed by atoms with Gasteiger partial charge in [0.05, 0.1) is 13.2 Å². The van der Waals surface area contributed by atoms with Crippen molar-refractivity contribution in [2.45, 2.75) is 18.9 Å². The molecule has 4 N–H and O–H groups in total. The molecular formula is C13H18N2O4. The fraction of sp³-hybridized carbons (Fsp3) is 0.385. The highest BCUT2D eigenvalue weighted by Crippen LogP contribution is 2.08. The number of aliphatic hydroxyl groups excluding tert-OH is 1. The summed E-state index contributed by atoms with van der Waals surface area (Å²) in [4.78, 5) is 21.9. The van der Waals surface area contributed by atoms with Crippen LogP contribution in [0.2, 0.25) is 0 Å². The van der Waals surface area contributed by atoms with E-state index in [1.54, 1.807) is 0 Å². The van der Waals surface area contributed by atoms with Crippen LogP contribution in [0.15, 0.2) is 30.3 Å². The minimum absolute atomic E-state index is 0.159. The Morgan fingerprint density at radius 3 is 2.63 bits per heavy atom. The molecule has 0 spiro atoms. The smallest absolute Gasteiger partial charge is 0.248 e. The normalized spacial score (nSPS) is 11.6. The van der Waals surface area contributed by atoms with Crippen LogP contribution in [-0.2, 0) is 9.59 Å². The number of para-hydroxylation sites is 1. The number of carbonyl (C=O) groups is 2. The van der Waals surface area contributed by atoms with Gasteiger partial charge in [-0.25, -0.2) is 0 Å². The number of amides is 2. The van der Waals surface area contributed by atoms with Gasteiger partial charge >= 0.3 is 0 Å². The van der Waals surface area contributed by atoms with Crippen molar-refractivity contribution in [1.29, 1.82) is 0 Å². The van der Waals surface area contributed by atoms with Crippen LogP contribution in [0.4, 0.5) is 0 Å². The zero-order valence-corrected chi connectivity index (χ0v) is 10.5. The van der Waals surface area contributed by atoms with Crippen molar-refractivity contribution < 1.29 is 19.4 Å². The number of aliphatic hydroxyl groups is 1. The number of nitrogens with two attached hydrogens (primary N) is 1. The van der Waals surface area contributed by atoms with Gasteiger partial charge in [0.1, 0.15) is 11.9 Å². The number of primary amides is 1. The highest BCUT2D eigenvalue weighted by Gasteiger charge is 2.11. The summed E-state index contributed by atoms with van der Waals surface area (Å²) in [5, 5.41) is 11.5. The maximum Gasteiger partial charge on any atom is 0.248 e. The molecule has 104 valence electrons. The molecule has 0 bridgehead atoms. The van der Waals surface area contributed by atoms with Crippen LogP contribution in [0.5, 0.6) is 5.75 Å². The lowest BCUT2D eigenvalue weighted by Crippen LogP contribution is -2.39. The summed E-state index contributed by atoms with van der Waals surface area (Å²) < 4.78 is 5.42. The highest BCUT2D eigenvalue weighted by atomic mass is 16.5. The number of carbonyl (C=O) groups excluding carboxylic acids is 2. The number of hydrogen-bond acceptors (Lipinski definition) is 4. The van der Waals surface area contributed by atoms with Crippen LogP contribution in [0.25, 0.3) is 0 Å². The average Bonchev–Trinajstić information content (AvgIpc) is 2.42. The van der Waals surface area contributed by atoms with Gasteiger partial charge in [-0.05, 0) is 18.6 Å². The lowest BCUT2D eigenvalue weighted by atomic mass is 10.3. The van der Waals surface area contributed by atoms with Gasteiger partial charge in [0.15, 0.2) is 0 Å². The molecule has 6 heteroatoms. The lowest BCUT2D eigenvalue weighted by molar-refractivity contribution is -0.127. The van der Waals surface area contributed by atoms with E-state index >= 15 is 0 Å². The molecule has 0 heterocycles. The Kier molecular flexibility index (Phi) is 6.38. The molecule has 1 rings (SSSR count). The first kappa shape index (κ1) is 15.0. The number of benzene rings is 1. The quantitative estimate of drug-likeness (QED) is 0.567. The van der Waals surface area contributed by atoms with Crippen LogP contribution in [0, 0.1) is 0 Å². The van der Waals surface area contributed by atoms with Gasteiger partial charge in [0.25, 0.3) is 0 Å². The first-order valence-corrected chi connectivity index (χ1v) is 6.01. The molecule has 19 heavy (non-hydrogen) atoms. The van der Waals surface area contributed by atoms with Crippen LogP contribution >= 0.6 is 0 Å². The summed E-state index contributed by atoms with van der Waals surface area (Å²) in [6.07, 6.45) is -0.532. The molecule has 0 radical (unpaired) electrons. The largest absolute Gasteiger partial charge is 0.494 e. The molecule has 1 aromatic carbocycles. The van der Waals surface area contributed by atoms with E-state index in [0.717, 1.165) is 5.75 Å². The van der Waals surface area contributed by atoms with E-state index in [-0.39, 0.29) is 18.9 Å².